The SMILES string of the molecule is COc1cnc(Oc2c(C)cc(-n3nc(C#N)c(=O)[nH]c3=O)cc2Cl)cc1SC. The first-order chi connectivity index (χ1) is 13.9. The molecule has 0 atom stereocenters. The Kier molecular flexibility index (Phi) is 5.91. The van der Waals surface area contributed by atoms with Crippen LogP contribution in [0.5, 0.6) is 17.4 Å². The first-order valence-electron chi connectivity index (χ1n) is 8.08. The Hall–Kier alpha value is -3.29. The van der Waals surface area contributed by atoms with Gasteiger partial charge in [0.05, 0.1) is 28.9 Å². The number of aromatic nitrogens is 4. The Morgan fingerprint density at radius 1 is 1.31 bits per heavy atom. The summed E-state index contributed by atoms with van der Waals surface area (Å²) >= 11 is 7.84. The van der Waals surface area contributed by atoms with Gasteiger partial charge in [0.15, 0.2) is 11.5 Å². The Bertz CT molecular complexity index is 1230. The molecule has 0 fully saturated rings. The maximum Gasteiger partial charge on any atom is 0.349 e. The lowest BCUT2D eigenvalue weighted by Gasteiger charge is -2.14. The molecule has 0 amide bonds. The van der Waals surface area contributed by atoms with Crippen LogP contribution in [0.25, 0.3) is 5.69 Å². The molecule has 2 heterocycles. The van der Waals surface area contributed by atoms with Crippen molar-refractivity contribution in [3.8, 4) is 29.1 Å². The molecule has 0 saturated carbocycles. The molecule has 3 rings (SSSR count). The van der Waals surface area contributed by atoms with Gasteiger partial charge in [0, 0.05) is 6.07 Å². The van der Waals surface area contributed by atoms with E-state index >= 15 is 0 Å². The molecule has 0 aliphatic carbocycles. The van der Waals surface area contributed by atoms with Gasteiger partial charge in [-0.25, -0.2) is 9.78 Å². The molecule has 148 valence electrons. The lowest BCUT2D eigenvalue weighted by Crippen LogP contribution is -2.33. The summed E-state index contributed by atoms with van der Waals surface area (Å²) < 4.78 is 12.0. The van der Waals surface area contributed by atoms with Crippen LogP contribution in [0.2, 0.25) is 5.02 Å². The highest BCUT2D eigenvalue weighted by molar-refractivity contribution is 7.98. The van der Waals surface area contributed by atoms with Crippen LogP contribution in [0, 0.1) is 18.3 Å². The minimum Gasteiger partial charge on any atom is -0.494 e. The van der Waals surface area contributed by atoms with Crippen LogP contribution in [0.15, 0.2) is 38.9 Å². The molecule has 0 radical (unpaired) electrons. The Labute approximate surface area is 173 Å². The predicted octanol–water partition coefficient (Wildman–Crippen LogP) is 2.67. The van der Waals surface area contributed by atoms with Crippen molar-refractivity contribution in [3.63, 3.8) is 0 Å². The van der Waals surface area contributed by atoms with Crippen LogP contribution in [-0.2, 0) is 0 Å². The molecule has 0 saturated heterocycles. The molecule has 1 N–H and O–H groups in total. The number of hydrogen-bond donors (Lipinski definition) is 1. The molecule has 11 heteroatoms. The van der Waals surface area contributed by atoms with Crippen LogP contribution in [0.3, 0.4) is 0 Å². The van der Waals surface area contributed by atoms with Gasteiger partial charge in [0.25, 0.3) is 5.56 Å². The zero-order valence-corrected chi connectivity index (χ0v) is 17.1. The van der Waals surface area contributed by atoms with Crippen molar-refractivity contribution in [2.45, 2.75) is 11.8 Å². The van der Waals surface area contributed by atoms with Gasteiger partial charge in [-0.2, -0.15) is 9.94 Å². The lowest BCUT2D eigenvalue weighted by molar-refractivity contribution is 0.396. The van der Waals surface area contributed by atoms with Crippen molar-refractivity contribution in [3.05, 3.63) is 61.5 Å². The zero-order chi connectivity index (χ0) is 21.1. The number of H-pyrrole nitrogens is 1. The highest BCUT2D eigenvalue weighted by Crippen LogP contribution is 2.36. The van der Waals surface area contributed by atoms with E-state index in [9.17, 15) is 9.59 Å². The number of methoxy groups -OCH3 is 1. The van der Waals surface area contributed by atoms with E-state index in [0.717, 1.165) is 9.58 Å². The maximum atomic E-state index is 12.1. The minimum atomic E-state index is -0.855. The van der Waals surface area contributed by atoms with Gasteiger partial charge >= 0.3 is 5.69 Å². The summed E-state index contributed by atoms with van der Waals surface area (Å²) in [5.74, 6) is 1.29. The van der Waals surface area contributed by atoms with Crippen LogP contribution in [0.4, 0.5) is 0 Å². The van der Waals surface area contributed by atoms with Crippen LogP contribution in [-0.4, -0.2) is 33.1 Å². The fourth-order valence-corrected chi connectivity index (χ4v) is 3.35. The smallest absolute Gasteiger partial charge is 0.349 e. The Morgan fingerprint density at radius 3 is 2.69 bits per heavy atom. The van der Waals surface area contributed by atoms with Crippen LogP contribution < -0.4 is 20.7 Å². The van der Waals surface area contributed by atoms with Crippen molar-refractivity contribution in [2.75, 3.05) is 13.4 Å². The quantitative estimate of drug-likeness (QED) is 0.611. The van der Waals surface area contributed by atoms with E-state index in [0.29, 0.717) is 22.9 Å². The molecule has 29 heavy (non-hydrogen) atoms. The maximum absolute atomic E-state index is 12.1. The van der Waals surface area contributed by atoms with Gasteiger partial charge in [-0.1, -0.05) is 11.6 Å². The standard InChI is InChI=1S/C18H14ClN5O4S/c1-9-4-10(24-18(26)22-17(25)12(7-20)23-24)5-11(19)16(9)28-15-6-14(29-3)13(27-2)8-21-15/h4-6,8H,1-3H3,(H,22,25,26). The van der Waals surface area contributed by atoms with Crippen molar-refractivity contribution < 1.29 is 9.47 Å². The third-order valence-electron chi connectivity index (χ3n) is 3.85. The number of thioether (sulfide) groups is 1. The first kappa shape index (κ1) is 20.4. The molecule has 0 aliphatic rings. The topological polar surface area (TPSA) is 123 Å². The molecular weight excluding hydrogens is 418 g/mol. The summed E-state index contributed by atoms with van der Waals surface area (Å²) in [7, 11) is 1.56. The van der Waals surface area contributed by atoms with E-state index in [2.05, 4.69) is 10.1 Å². The first-order valence-corrected chi connectivity index (χ1v) is 9.68. The second-order valence-electron chi connectivity index (χ2n) is 5.68. The number of nitrogens with zero attached hydrogens (tertiary/aromatic N) is 4. The minimum absolute atomic E-state index is 0.196. The normalized spacial score (nSPS) is 10.4. The third-order valence-corrected chi connectivity index (χ3v) is 4.88. The monoisotopic (exact) mass is 431 g/mol. The number of hydrogen-bond acceptors (Lipinski definition) is 8. The number of rotatable bonds is 5. The molecular formula is C18H14ClN5O4S. The number of halogens is 1. The van der Waals surface area contributed by atoms with E-state index in [4.69, 9.17) is 26.3 Å². The summed E-state index contributed by atoms with van der Waals surface area (Å²) in [4.78, 5) is 30.7. The van der Waals surface area contributed by atoms with Crippen molar-refractivity contribution in [2.24, 2.45) is 0 Å². The van der Waals surface area contributed by atoms with Crippen LogP contribution >= 0.6 is 23.4 Å². The van der Waals surface area contributed by atoms with Crippen LogP contribution in [0.1, 0.15) is 11.3 Å². The van der Waals surface area contributed by atoms with Crippen molar-refractivity contribution >= 4 is 23.4 Å². The fraction of sp³-hybridized carbons (Fsp3) is 0.167. The summed E-state index contributed by atoms with van der Waals surface area (Å²) in [6.45, 7) is 1.73. The molecule has 0 spiro atoms. The lowest BCUT2D eigenvalue weighted by atomic mass is 10.2. The van der Waals surface area contributed by atoms with Gasteiger partial charge < -0.3 is 9.47 Å². The number of aromatic amines is 1. The Balaban J connectivity index is 2.03. The second-order valence-corrected chi connectivity index (χ2v) is 6.94. The van der Waals surface area contributed by atoms with E-state index in [1.54, 1.807) is 38.4 Å². The van der Waals surface area contributed by atoms with Gasteiger partial charge in [0.2, 0.25) is 11.6 Å². The third kappa shape index (κ3) is 4.11. The van der Waals surface area contributed by atoms with Gasteiger partial charge in [-0.3, -0.25) is 9.78 Å². The molecule has 1 aromatic carbocycles. The predicted molar refractivity (Wildman–Crippen MR) is 108 cm³/mol. The number of pyridine rings is 1. The summed E-state index contributed by atoms with van der Waals surface area (Å²) in [5.41, 5.74) is -1.23. The Morgan fingerprint density at radius 2 is 2.07 bits per heavy atom. The summed E-state index contributed by atoms with van der Waals surface area (Å²) in [6.07, 6.45) is 3.45. The molecule has 0 aliphatic heterocycles. The van der Waals surface area contributed by atoms with E-state index in [1.165, 1.54) is 17.8 Å². The highest BCUT2D eigenvalue weighted by Gasteiger charge is 2.15. The van der Waals surface area contributed by atoms with E-state index in [1.807, 2.05) is 11.2 Å². The largest absolute Gasteiger partial charge is 0.494 e. The number of aryl methyl sites for hydroxylation is 1. The average Bonchev–Trinajstić information content (AvgIpc) is 2.70. The molecule has 2 aromatic heterocycles. The van der Waals surface area contributed by atoms with E-state index in [-0.39, 0.29) is 10.7 Å². The molecule has 3 aromatic rings. The highest BCUT2D eigenvalue weighted by atomic mass is 35.5. The van der Waals surface area contributed by atoms with E-state index < -0.39 is 16.9 Å². The molecule has 0 unspecified atom stereocenters. The summed E-state index contributed by atoms with van der Waals surface area (Å²) in [6, 6.07) is 6.39. The summed E-state index contributed by atoms with van der Waals surface area (Å²) in [5, 5.41) is 12.9. The fourth-order valence-electron chi connectivity index (χ4n) is 2.49. The van der Waals surface area contributed by atoms with Gasteiger partial charge in [-0.05, 0) is 30.9 Å². The molecule has 0 bridgehead atoms. The number of nitrogens with one attached hydrogen (secondary N) is 1. The number of benzene rings is 1. The zero-order valence-electron chi connectivity index (χ0n) is 15.5. The van der Waals surface area contributed by atoms with Crippen molar-refractivity contribution in [1.82, 2.24) is 19.7 Å². The number of nitriles is 1. The number of ether oxygens (including phenoxy) is 2. The van der Waals surface area contributed by atoms with Crippen molar-refractivity contribution in [1.29, 1.82) is 5.26 Å². The molecule has 9 nitrogen and oxygen atoms in total. The van der Waals surface area contributed by atoms with Gasteiger partial charge in [0.1, 0.15) is 6.07 Å². The second kappa shape index (κ2) is 8.38. The average molecular weight is 432 g/mol. The van der Waals surface area contributed by atoms with Gasteiger partial charge in [-0.15, -0.1) is 16.9 Å².